The Hall–Kier alpha value is -2.74. The van der Waals surface area contributed by atoms with E-state index in [0.29, 0.717) is 5.02 Å². The number of benzene rings is 1. The van der Waals surface area contributed by atoms with E-state index in [9.17, 15) is 10.1 Å². The number of nitrogens with two attached hydrogens (primary N) is 1. The zero-order valence-electron chi connectivity index (χ0n) is 10.0. The van der Waals surface area contributed by atoms with E-state index in [1.807, 2.05) is 0 Å². The van der Waals surface area contributed by atoms with Crippen LogP contribution in [0.15, 0.2) is 35.7 Å². The molecule has 8 nitrogen and oxygen atoms in total. The number of anilines is 2. The van der Waals surface area contributed by atoms with Crippen LogP contribution in [0, 0.1) is 10.1 Å². The van der Waals surface area contributed by atoms with Gasteiger partial charge in [-0.05, 0) is 17.7 Å². The maximum atomic E-state index is 10.9. The van der Waals surface area contributed by atoms with Gasteiger partial charge in [0.15, 0.2) is 0 Å². The Kier molecular flexibility index (Phi) is 4.06. The summed E-state index contributed by atoms with van der Waals surface area (Å²) in [6.45, 7) is 0. The smallest absolute Gasteiger partial charge is 0.354 e. The number of halogens is 1. The highest BCUT2D eigenvalue weighted by Crippen LogP contribution is 2.25. The number of nitrogen functional groups attached to an aromatic ring is 1. The quantitative estimate of drug-likeness (QED) is 0.505. The molecule has 2 aromatic rings. The van der Waals surface area contributed by atoms with Crippen LogP contribution in [0.5, 0.6) is 0 Å². The van der Waals surface area contributed by atoms with E-state index in [-0.39, 0.29) is 11.6 Å². The summed E-state index contributed by atoms with van der Waals surface area (Å²) >= 11 is 5.75. The molecular formula is C11H9ClN6O2. The molecule has 102 valence electrons. The highest BCUT2D eigenvalue weighted by Gasteiger charge is 2.20. The van der Waals surface area contributed by atoms with Crippen molar-refractivity contribution in [2.75, 3.05) is 11.2 Å². The van der Waals surface area contributed by atoms with E-state index in [1.165, 1.54) is 6.21 Å². The van der Waals surface area contributed by atoms with Crippen LogP contribution in [0.25, 0.3) is 0 Å². The van der Waals surface area contributed by atoms with E-state index in [1.54, 1.807) is 24.3 Å². The summed E-state index contributed by atoms with van der Waals surface area (Å²) in [5.74, 6) is -0.304. The molecule has 0 spiro atoms. The molecule has 0 saturated carbocycles. The fourth-order valence-corrected chi connectivity index (χ4v) is 1.50. The topological polar surface area (TPSA) is 119 Å². The number of rotatable bonds is 4. The Labute approximate surface area is 118 Å². The molecule has 0 unspecified atom stereocenters. The highest BCUT2D eigenvalue weighted by molar-refractivity contribution is 6.30. The lowest BCUT2D eigenvalue weighted by molar-refractivity contribution is -0.383. The molecule has 0 aliphatic heterocycles. The van der Waals surface area contributed by atoms with Crippen LogP contribution in [-0.2, 0) is 0 Å². The molecule has 0 radical (unpaired) electrons. The molecule has 0 fully saturated rings. The van der Waals surface area contributed by atoms with Gasteiger partial charge in [0.05, 0.1) is 11.1 Å². The van der Waals surface area contributed by atoms with Crippen molar-refractivity contribution in [1.82, 2.24) is 9.97 Å². The predicted molar refractivity (Wildman–Crippen MR) is 75.8 cm³/mol. The van der Waals surface area contributed by atoms with E-state index in [0.717, 1.165) is 11.9 Å². The van der Waals surface area contributed by atoms with Gasteiger partial charge in [0.25, 0.3) is 0 Å². The van der Waals surface area contributed by atoms with Gasteiger partial charge < -0.3 is 5.73 Å². The minimum Gasteiger partial charge on any atom is -0.378 e. The normalized spacial score (nSPS) is 10.7. The van der Waals surface area contributed by atoms with Crippen LogP contribution in [-0.4, -0.2) is 21.1 Å². The van der Waals surface area contributed by atoms with Crippen molar-refractivity contribution in [2.24, 2.45) is 5.10 Å². The van der Waals surface area contributed by atoms with Crippen molar-refractivity contribution in [3.05, 3.63) is 51.3 Å². The molecule has 0 aliphatic rings. The number of nitro groups is 1. The summed E-state index contributed by atoms with van der Waals surface area (Å²) < 4.78 is 0. The van der Waals surface area contributed by atoms with E-state index in [4.69, 9.17) is 17.3 Å². The maximum Gasteiger partial charge on any atom is 0.354 e. The number of nitrogens with zero attached hydrogens (tertiary/aromatic N) is 4. The first-order chi connectivity index (χ1) is 9.58. The molecule has 0 amide bonds. The first-order valence-corrected chi connectivity index (χ1v) is 5.75. The summed E-state index contributed by atoms with van der Waals surface area (Å²) in [6, 6.07) is 6.90. The summed E-state index contributed by atoms with van der Waals surface area (Å²) in [5.41, 5.74) is 8.24. The average molecular weight is 293 g/mol. The van der Waals surface area contributed by atoms with Gasteiger partial charge in [0, 0.05) is 5.02 Å². The number of hydrogen-bond donors (Lipinski definition) is 2. The predicted octanol–water partition coefficient (Wildman–Crippen LogP) is 2.07. The molecule has 0 atom stereocenters. The van der Waals surface area contributed by atoms with E-state index in [2.05, 4.69) is 20.5 Å². The Morgan fingerprint density at radius 1 is 1.35 bits per heavy atom. The summed E-state index contributed by atoms with van der Waals surface area (Å²) in [7, 11) is 0. The van der Waals surface area contributed by atoms with Crippen LogP contribution in [0.3, 0.4) is 0 Å². The third-order valence-corrected chi connectivity index (χ3v) is 2.54. The fourth-order valence-electron chi connectivity index (χ4n) is 1.37. The molecule has 2 rings (SSSR count). The first-order valence-electron chi connectivity index (χ1n) is 5.37. The number of hydrogen-bond acceptors (Lipinski definition) is 7. The molecule has 1 aromatic heterocycles. The van der Waals surface area contributed by atoms with Gasteiger partial charge in [-0.3, -0.25) is 15.5 Å². The van der Waals surface area contributed by atoms with Gasteiger partial charge >= 0.3 is 5.69 Å². The molecule has 20 heavy (non-hydrogen) atoms. The minimum atomic E-state index is -0.671. The molecule has 0 saturated heterocycles. The lowest BCUT2D eigenvalue weighted by atomic mass is 10.2. The van der Waals surface area contributed by atoms with Crippen molar-refractivity contribution in [3.8, 4) is 0 Å². The Bertz CT molecular complexity index is 658. The monoisotopic (exact) mass is 292 g/mol. The second-order valence-corrected chi connectivity index (χ2v) is 4.07. The SMILES string of the molecule is Nc1ncnc(N/N=C/c2ccc(Cl)cc2)c1[N+](=O)[O-]. The lowest BCUT2D eigenvalue weighted by Gasteiger charge is -2.01. The molecule has 9 heteroatoms. The number of aromatic nitrogens is 2. The van der Waals surface area contributed by atoms with Crippen LogP contribution in [0.2, 0.25) is 5.02 Å². The fraction of sp³-hybridized carbons (Fsp3) is 0. The third kappa shape index (κ3) is 3.18. The first kappa shape index (κ1) is 13.7. The van der Waals surface area contributed by atoms with Gasteiger partial charge in [-0.25, -0.2) is 9.97 Å². The molecule has 0 aliphatic carbocycles. The summed E-state index contributed by atoms with van der Waals surface area (Å²) in [5, 5.41) is 15.3. The number of hydrazone groups is 1. The molecular weight excluding hydrogens is 284 g/mol. The highest BCUT2D eigenvalue weighted by atomic mass is 35.5. The second-order valence-electron chi connectivity index (χ2n) is 3.63. The summed E-state index contributed by atoms with van der Waals surface area (Å²) in [6.07, 6.45) is 2.58. The molecule has 1 heterocycles. The zero-order chi connectivity index (χ0) is 14.5. The van der Waals surface area contributed by atoms with Gasteiger partial charge in [0.1, 0.15) is 6.33 Å². The molecule has 3 N–H and O–H groups in total. The van der Waals surface area contributed by atoms with Crippen molar-refractivity contribution >= 4 is 35.1 Å². The third-order valence-electron chi connectivity index (χ3n) is 2.29. The van der Waals surface area contributed by atoms with Crippen LogP contribution >= 0.6 is 11.6 Å². The largest absolute Gasteiger partial charge is 0.378 e. The minimum absolute atomic E-state index is 0.0762. The molecule has 0 bridgehead atoms. The Morgan fingerprint density at radius 3 is 2.70 bits per heavy atom. The van der Waals surface area contributed by atoms with E-state index >= 15 is 0 Å². The van der Waals surface area contributed by atoms with Crippen LogP contribution in [0.1, 0.15) is 5.56 Å². The van der Waals surface area contributed by atoms with Crippen molar-refractivity contribution in [1.29, 1.82) is 0 Å². The van der Waals surface area contributed by atoms with Crippen molar-refractivity contribution < 1.29 is 4.92 Å². The average Bonchev–Trinajstić information content (AvgIpc) is 2.40. The van der Waals surface area contributed by atoms with Crippen LogP contribution < -0.4 is 11.2 Å². The van der Waals surface area contributed by atoms with Crippen molar-refractivity contribution in [2.45, 2.75) is 0 Å². The standard InChI is InChI=1S/C11H9ClN6O2/c12-8-3-1-7(2-4-8)5-16-17-11-9(18(19)20)10(13)14-6-15-11/h1-6H,(H3,13,14,15,17)/b16-5+. The van der Waals surface area contributed by atoms with E-state index < -0.39 is 10.6 Å². The van der Waals surface area contributed by atoms with Gasteiger partial charge in [0.2, 0.25) is 11.6 Å². The summed E-state index contributed by atoms with van der Waals surface area (Å²) in [4.78, 5) is 17.5. The number of nitrogens with one attached hydrogen (secondary N) is 1. The van der Waals surface area contributed by atoms with Gasteiger partial charge in [-0.15, -0.1) is 0 Å². The lowest BCUT2D eigenvalue weighted by Crippen LogP contribution is -2.04. The second kappa shape index (κ2) is 5.93. The van der Waals surface area contributed by atoms with Gasteiger partial charge in [-0.1, -0.05) is 23.7 Å². The van der Waals surface area contributed by atoms with Crippen molar-refractivity contribution in [3.63, 3.8) is 0 Å². The van der Waals surface area contributed by atoms with Gasteiger partial charge in [-0.2, -0.15) is 5.10 Å². The zero-order valence-corrected chi connectivity index (χ0v) is 10.8. The van der Waals surface area contributed by atoms with Crippen LogP contribution in [0.4, 0.5) is 17.3 Å². The Morgan fingerprint density at radius 2 is 2.05 bits per heavy atom. The maximum absolute atomic E-state index is 10.9. The molecule has 1 aromatic carbocycles. The Balaban J connectivity index is 2.17.